The van der Waals surface area contributed by atoms with E-state index in [-0.39, 0.29) is 18.9 Å². The van der Waals surface area contributed by atoms with Gasteiger partial charge in [-0.2, -0.15) is 5.56 Å². The molecule has 0 aromatic heterocycles. The molecule has 0 saturated carbocycles. The summed E-state index contributed by atoms with van der Waals surface area (Å²) in [5.41, 5.74) is 0.936. The molecule has 1 nitrogen and oxygen atoms in total. The molecule has 0 radical (unpaired) electrons. The van der Waals surface area contributed by atoms with Crippen molar-refractivity contribution in [1.82, 2.24) is 0 Å². The topological polar surface area (TPSA) is 17.1 Å². The Kier molecular flexibility index (Phi) is 5.77. The van der Waals surface area contributed by atoms with Crippen molar-refractivity contribution < 1.29 is 23.1 Å². The number of hydrogen-bond acceptors (Lipinski definition) is 1. The molecule has 0 N–H and O–H groups in total. The molecule has 0 spiro atoms. The summed E-state index contributed by atoms with van der Waals surface area (Å²) in [6, 6.07) is 5.37. The first-order valence-corrected chi connectivity index (χ1v) is 6.95. The molecule has 16 heavy (non-hydrogen) atoms. The third kappa shape index (κ3) is 3.45. The van der Waals surface area contributed by atoms with Crippen LogP contribution in [0.3, 0.4) is 0 Å². The van der Waals surface area contributed by atoms with Gasteiger partial charge >= 0.3 is 18.9 Å². The van der Waals surface area contributed by atoms with Gasteiger partial charge in [0.25, 0.3) is 0 Å². The van der Waals surface area contributed by atoms with Crippen LogP contribution in [-0.2, 0) is 10.8 Å². The fraction of sp³-hybridized carbons (Fsp3) is 0.364. The Balaban J connectivity index is 0.00000128. The van der Waals surface area contributed by atoms with Crippen molar-refractivity contribution in [2.24, 2.45) is 0 Å². The van der Waals surface area contributed by atoms with Gasteiger partial charge in [-0.25, -0.2) is 0 Å². The predicted molar refractivity (Wildman–Crippen MR) is 65.7 cm³/mol. The first-order chi connectivity index (χ1) is 7.16. The van der Waals surface area contributed by atoms with Gasteiger partial charge in [0.05, 0.1) is 0 Å². The van der Waals surface area contributed by atoms with Gasteiger partial charge in [0.2, 0.25) is 0 Å². The number of rotatable bonds is 1. The van der Waals surface area contributed by atoms with E-state index in [0.717, 1.165) is 35.8 Å². The molecule has 0 amide bonds. The van der Waals surface area contributed by atoms with Gasteiger partial charge in [-0.15, -0.1) is 12.1 Å². The van der Waals surface area contributed by atoms with E-state index in [1.165, 1.54) is 0 Å². The van der Waals surface area contributed by atoms with Crippen LogP contribution in [0.15, 0.2) is 18.2 Å². The van der Waals surface area contributed by atoms with Crippen LogP contribution < -0.4 is 18.9 Å². The van der Waals surface area contributed by atoms with Gasteiger partial charge in [-0.3, -0.25) is 4.21 Å². The average Bonchev–Trinajstić information content (AvgIpc) is 2.16. The Hall–Kier alpha value is 0.417. The SMILES string of the molecule is O=S1CCCC[C-]1c1cc(Cl)cc(Cl)c1.[Li+]. The second-order valence-electron chi connectivity index (χ2n) is 3.59. The molecule has 1 unspecified atom stereocenters. The standard InChI is InChI=1S/C11H11Cl2OS.Li/c12-9-5-8(6-10(13)7-9)11-3-1-2-4-15(11)14;/h5-7H,1-4H2;/q-1;+1. The van der Waals surface area contributed by atoms with Crippen LogP contribution >= 0.6 is 23.2 Å². The van der Waals surface area contributed by atoms with Crippen molar-refractivity contribution in [2.75, 3.05) is 5.75 Å². The van der Waals surface area contributed by atoms with Crippen LogP contribution in [-0.4, -0.2) is 9.96 Å². The van der Waals surface area contributed by atoms with E-state index in [9.17, 15) is 4.21 Å². The quantitative estimate of drug-likeness (QED) is 0.544. The molecule has 1 aromatic rings. The summed E-state index contributed by atoms with van der Waals surface area (Å²) >= 11 is 11.8. The molecule has 1 atom stereocenters. The van der Waals surface area contributed by atoms with Gasteiger partial charge in [0.1, 0.15) is 0 Å². The Morgan fingerprint density at radius 2 is 1.75 bits per heavy atom. The van der Waals surface area contributed by atoms with Crippen molar-refractivity contribution >= 4 is 34.0 Å². The van der Waals surface area contributed by atoms with Gasteiger partial charge in [-0.1, -0.05) is 41.3 Å². The molecule has 1 aliphatic heterocycles. The Morgan fingerprint density at radius 3 is 2.31 bits per heavy atom. The first-order valence-electron chi connectivity index (χ1n) is 4.87. The maximum atomic E-state index is 11.8. The average molecular weight is 269 g/mol. The van der Waals surface area contributed by atoms with Crippen LogP contribution in [0.4, 0.5) is 0 Å². The monoisotopic (exact) mass is 268 g/mol. The first kappa shape index (κ1) is 14.5. The molecule has 2 rings (SSSR count). The number of benzene rings is 1. The van der Waals surface area contributed by atoms with Gasteiger partial charge in [-0.05, 0) is 33.3 Å². The van der Waals surface area contributed by atoms with E-state index < -0.39 is 10.8 Å². The van der Waals surface area contributed by atoms with Crippen LogP contribution in [0.2, 0.25) is 10.0 Å². The summed E-state index contributed by atoms with van der Waals surface area (Å²) in [5.74, 6) is 0.763. The third-order valence-electron chi connectivity index (χ3n) is 2.44. The summed E-state index contributed by atoms with van der Waals surface area (Å²) in [5, 5.41) is 2.20. The van der Waals surface area contributed by atoms with Gasteiger partial charge < -0.3 is 0 Å². The molecule has 82 valence electrons. The molecule has 0 aliphatic carbocycles. The molecule has 0 bridgehead atoms. The normalized spacial score (nSPS) is 20.4. The molecule has 1 aromatic carbocycles. The molecule has 1 fully saturated rings. The van der Waals surface area contributed by atoms with E-state index in [2.05, 4.69) is 0 Å². The molecule has 5 heteroatoms. The van der Waals surface area contributed by atoms with Crippen molar-refractivity contribution in [3.8, 4) is 0 Å². The summed E-state index contributed by atoms with van der Waals surface area (Å²) < 4.78 is 11.8. The van der Waals surface area contributed by atoms with Crippen LogP contribution in [0.5, 0.6) is 0 Å². The Bertz CT molecular complexity index is 377. The van der Waals surface area contributed by atoms with Gasteiger partial charge in [0, 0.05) is 5.75 Å². The molecule has 1 saturated heterocycles. The van der Waals surface area contributed by atoms with Gasteiger partial charge in [0.15, 0.2) is 0 Å². The summed E-state index contributed by atoms with van der Waals surface area (Å²) in [7, 11) is -0.846. The maximum Gasteiger partial charge on any atom is 1.00 e. The zero-order valence-corrected chi connectivity index (χ0v) is 11.5. The predicted octanol–water partition coefficient (Wildman–Crippen LogP) is 0.810. The third-order valence-corrected chi connectivity index (χ3v) is 4.53. The van der Waals surface area contributed by atoms with Crippen LogP contribution in [0.25, 0.3) is 0 Å². The molecule has 1 heterocycles. The minimum absolute atomic E-state index is 0. The minimum Gasteiger partial charge on any atom is -0.268 e. The van der Waals surface area contributed by atoms with E-state index >= 15 is 0 Å². The zero-order valence-electron chi connectivity index (χ0n) is 9.13. The van der Waals surface area contributed by atoms with Crippen LogP contribution in [0.1, 0.15) is 24.8 Å². The smallest absolute Gasteiger partial charge is 0.268 e. The zero-order chi connectivity index (χ0) is 10.8. The largest absolute Gasteiger partial charge is 1.00 e. The molecule has 1 aliphatic rings. The minimum atomic E-state index is -0.846. The van der Waals surface area contributed by atoms with Crippen molar-refractivity contribution in [2.45, 2.75) is 19.3 Å². The summed E-state index contributed by atoms with van der Waals surface area (Å²) in [6.45, 7) is 0. The Labute approximate surface area is 121 Å². The fourth-order valence-electron chi connectivity index (χ4n) is 1.75. The van der Waals surface area contributed by atoms with Crippen molar-refractivity contribution in [1.29, 1.82) is 0 Å². The summed E-state index contributed by atoms with van der Waals surface area (Å²) in [6.07, 6.45) is 3.04. The second kappa shape index (κ2) is 6.38. The van der Waals surface area contributed by atoms with E-state index in [1.807, 2.05) is 12.1 Å². The summed E-state index contributed by atoms with van der Waals surface area (Å²) in [4.78, 5) is 0. The van der Waals surface area contributed by atoms with Crippen molar-refractivity contribution in [3.63, 3.8) is 0 Å². The van der Waals surface area contributed by atoms with E-state index in [1.54, 1.807) is 6.07 Å². The van der Waals surface area contributed by atoms with Crippen LogP contribution in [0, 0.1) is 5.25 Å². The van der Waals surface area contributed by atoms with E-state index in [4.69, 9.17) is 23.2 Å². The fourth-order valence-corrected chi connectivity index (χ4v) is 3.74. The Morgan fingerprint density at radius 1 is 1.12 bits per heavy atom. The van der Waals surface area contributed by atoms with Crippen molar-refractivity contribution in [3.05, 3.63) is 39.1 Å². The number of hydrogen-bond donors (Lipinski definition) is 0. The number of halogens is 2. The maximum absolute atomic E-state index is 11.8. The molecular formula is C11H11Cl2LiOS. The van der Waals surface area contributed by atoms with E-state index in [0.29, 0.717) is 10.0 Å². The molecular weight excluding hydrogens is 258 g/mol. The second-order valence-corrected chi connectivity index (χ2v) is 6.05.